The van der Waals surface area contributed by atoms with Gasteiger partial charge in [0.05, 0.1) is 0 Å². The van der Waals surface area contributed by atoms with Crippen molar-refractivity contribution >= 4 is 41.5 Å². The maximum Gasteiger partial charge on any atom is 0.519 e. The summed E-state index contributed by atoms with van der Waals surface area (Å²) in [5, 5.41) is 0. The van der Waals surface area contributed by atoms with E-state index in [0.29, 0.717) is 13.1 Å². The van der Waals surface area contributed by atoms with E-state index in [1.54, 1.807) is 76.2 Å². The van der Waals surface area contributed by atoms with E-state index in [0.717, 1.165) is 6.54 Å². The summed E-state index contributed by atoms with van der Waals surface area (Å²) in [6, 6.07) is 10.2. The Kier molecular flexibility index (Phi) is 16.7. The Labute approximate surface area is 302 Å². The Hall–Kier alpha value is -4.13. The van der Waals surface area contributed by atoms with Crippen molar-refractivity contribution < 1.29 is 52.5 Å². The molecule has 286 valence electrons. The van der Waals surface area contributed by atoms with Gasteiger partial charge in [0.2, 0.25) is 0 Å². The first-order valence-corrected chi connectivity index (χ1v) is 17.1. The second-order valence-electron chi connectivity index (χ2n) is 16.0. The molecule has 51 heavy (non-hydrogen) atoms. The van der Waals surface area contributed by atoms with E-state index in [-0.39, 0.29) is 48.1 Å². The van der Waals surface area contributed by atoms with Crippen LogP contribution in [0.1, 0.15) is 95.6 Å². The summed E-state index contributed by atoms with van der Waals surface area (Å²) < 4.78 is 19.0. The first-order valence-electron chi connectivity index (χ1n) is 17.1. The Morgan fingerprint density at radius 3 is 1.20 bits per heavy atom. The van der Waals surface area contributed by atoms with Crippen LogP contribution in [0.15, 0.2) is 30.3 Å². The van der Waals surface area contributed by atoms with Crippen LogP contribution < -0.4 is 0 Å². The Morgan fingerprint density at radius 1 is 0.549 bits per heavy atom. The fraction of sp³-hybridized carbons (Fsp3) is 0.658. The van der Waals surface area contributed by atoms with E-state index in [1.165, 1.54) is 24.3 Å². The zero-order chi connectivity index (χ0) is 39.5. The molecule has 0 unspecified atom stereocenters. The number of amides is 1. The molecule has 0 saturated carbocycles. The van der Waals surface area contributed by atoms with Gasteiger partial charge in [-0.05, 0) is 95.6 Å². The van der Waals surface area contributed by atoms with Gasteiger partial charge in [-0.3, -0.25) is 24.1 Å². The van der Waals surface area contributed by atoms with Crippen molar-refractivity contribution in [2.45, 2.75) is 113 Å². The second kappa shape index (κ2) is 18.9. The van der Waals surface area contributed by atoms with E-state index in [2.05, 4.69) is 21.8 Å². The van der Waals surface area contributed by atoms with Crippen molar-refractivity contribution in [2.24, 2.45) is 23.7 Å². The summed E-state index contributed by atoms with van der Waals surface area (Å²) in [7, 11) is 0. The molecule has 2 aliphatic heterocycles. The van der Waals surface area contributed by atoms with Crippen LogP contribution in [0.5, 0.6) is 0 Å². The molecule has 0 N–H and O–H groups in total. The van der Waals surface area contributed by atoms with Gasteiger partial charge >= 0.3 is 18.4 Å². The molecule has 2 fully saturated rings. The van der Waals surface area contributed by atoms with Crippen LogP contribution in [0.3, 0.4) is 0 Å². The molecule has 1 aromatic carbocycles. The Morgan fingerprint density at radius 2 is 0.882 bits per heavy atom. The van der Waals surface area contributed by atoms with Crippen molar-refractivity contribution in [3.8, 4) is 0 Å². The predicted octanol–water partition coefficient (Wildman–Crippen LogP) is 6.43. The topological polar surface area (TPSA) is 163 Å². The molecule has 1 amide bonds. The van der Waals surface area contributed by atoms with Crippen molar-refractivity contribution in [2.75, 3.05) is 26.2 Å². The fourth-order valence-electron chi connectivity index (χ4n) is 5.39. The summed E-state index contributed by atoms with van der Waals surface area (Å²) >= 11 is 0. The third kappa shape index (κ3) is 17.6. The number of Topliss-reactive ketones (excluding diaryl/α,β-unsaturated/α-hetero) is 4. The van der Waals surface area contributed by atoms with Crippen molar-refractivity contribution in [1.82, 2.24) is 9.80 Å². The quantitative estimate of drug-likeness (QED) is 0.180. The van der Waals surface area contributed by atoms with Crippen LogP contribution >= 0.6 is 0 Å². The number of rotatable bonds is 6. The van der Waals surface area contributed by atoms with E-state index in [4.69, 9.17) is 14.2 Å². The maximum atomic E-state index is 11.9. The molecule has 0 aromatic heterocycles. The molecule has 0 spiro atoms. The minimum absolute atomic E-state index is 0.0544. The molecule has 0 bridgehead atoms. The number of ketones is 4. The summed E-state index contributed by atoms with van der Waals surface area (Å²) in [5.41, 5.74) is -0.737. The number of nitrogens with zero attached hydrogens (tertiary/aromatic N) is 2. The molecule has 3 rings (SSSR count). The van der Waals surface area contributed by atoms with Gasteiger partial charge in [0.25, 0.3) is 0 Å². The molecular formula is C38H58N2O11. The first-order chi connectivity index (χ1) is 23.2. The van der Waals surface area contributed by atoms with Crippen LogP contribution in [-0.4, -0.2) is 94.3 Å². The molecule has 13 heteroatoms. The second-order valence-corrected chi connectivity index (χ2v) is 16.0. The van der Waals surface area contributed by atoms with Crippen molar-refractivity contribution in [3.63, 3.8) is 0 Å². The monoisotopic (exact) mass is 718 g/mol. The van der Waals surface area contributed by atoms with E-state index >= 15 is 0 Å². The predicted molar refractivity (Wildman–Crippen MR) is 190 cm³/mol. The van der Waals surface area contributed by atoms with Gasteiger partial charge < -0.3 is 23.8 Å². The lowest BCUT2D eigenvalue weighted by Gasteiger charge is -2.24. The zero-order valence-corrected chi connectivity index (χ0v) is 32.6. The number of hydrogen-bond donors (Lipinski definition) is 0. The van der Waals surface area contributed by atoms with Gasteiger partial charge in [-0.15, -0.1) is 0 Å². The highest BCUT2D eigenvalue weighted by atomic mass is 16.8. The van der Waals surface area contributed by atoms with Crippen LogP contribution in [0.2, 0.25) is 0 Å². The van der Waals surface area contributed by atoms with E-state index in [1.807, 2.05) is 18.2 Å². The van der Waals surface area contributed by atoms with E-state index < -0.39 is 47.0 Å². The molecule has 4 atom stereocenters. The van der Waals surface area contributed by atoms with Crippen molar-refractivity contribution in [1.29, 1.82) is 0 Å². The maximum absolute atomic E-state index is 11.9. The third-order valence-electron chi connectivity index (χ3n) is 7.65. The smallest absolute Gasteiger partial charge is 0.444 e. The van der Waals surface area contributed by atoms with Crippen molar-refractivity contribution in [3.05, 3.63) is 35.9 Å². The highest BCUT2D eigenvalue weighted by molar-refractivity contribution is 5.90. The molecule has 0 aliphatic carbocycles. The van der Waals surface area contributed by atoms with Gasteiger partial charge in [0, 0.05) is 56.4 Å². The molecule has 13 nitrogen and oxygen atoms in total. The lowest BCUT2D eigenvalue weighted by Crippen LogP contribution is -2.36. The highest BCUT2D eigenvalue weighted by Crippen LogP contribution is 2.28. The van der Waals surface area contributed by atoms with Gasteiger partial charge in [0.1, 0.15) is 39.9 Å². The van der Waals surface area contributed by atoms with Crippen LogP contribution in [0.25, 0.3) is 0 Å². The number of benzene rings is 1. The minimum atomic E-state index is -1.06. The van der Waals surface area contributed by atoms with Crippen LogP contribution in [-0.2, 0) is 44.7 Å². The fourth-order valence-corrected chi connectivity index (χ4v) is 5.39. The lowest BCUT2D eigenvalue weighted by molar-refractivity contribution is -0.128. The van der Waals surface area contributed by atoms with Gasteiger partial charge in [0.15, 0.2) is 0 Å². The average molecular weight is 719 g/mol. The van der Waals surface area contributed by atoms with Gasteiger partial charge in [-0.1, -0.05) is 30.3 Å². The normalized spacial score (nSPS) is 20.5. The molecule has 0 radical (unpaired) electrons. The number of carbonyl (C=O) groups is 7. The van der Waals surface area contributed by atoms with Crippen LogP contribution in [0.4, 0.5) is 14.4 Å². The largest absolute Gasteiger partial charge is 0.519 e. The minimum Gasteiger partial charge on any atom is -0.444 e. The molecule has 1 aromatic rings. The molecule has 2 saturated heterocycles. The summed E-state index contributed by atoms with van der Waals surface area (Å²) in [5.74, 6) is -0.874. The zero-order valence-electron chi connectivity index (χ0n) is 32.6. The summed E-state index contributed by atoms with van der Waals surface area (Å²) in [6.07, 6.45) is -2.58. The number of ether oxygens (including phenoxy) is 4. The van der Waals surface area contributed by atoms with E-state index in [9.17, 15) is 33.6 Å². The summed E-state index contributed by atoms with van der Waals surface area (Å²) in [4.78, 5) is 83.7. The number of carbonyl (C=O) groups excluding carboxylic acids is 7. The van der Waals surface area contributed by atoms with Crippen LogP contribution in [0, 0.1) is 23.7 Å². The lowest BCUT2D eigenvalue weighted by atomic mass is 9.90. The molecular weight excluding hydrogens is 660 g/mol. The molecule has 2 aliphatic rings. The first kappa shape index (κ1) is 44.9. The Bertz CT molecular complexity index is 1320. The third-order valence-corrected chi connectivity index (χ3v) is 7.65. The highest BCUT2D eigenvalue weighted by Gasteiger charge is 2.42. The summed E-state index contributed by atoms with van der Waals surface area (Å²) in [6.45, 7) is 24.2. The number of hydrogen-bond acceptors (Lipinski definition) is 12. The standard InChI is InChI=1S/C15H19NO2.C13H21NO4.C10H18O5/c1-11(17)14-9-16(10-15(14)12(2)18)8-13-6-4-3-5-7-13;1-8(15)10-6-14(7-11(10)9(2)16)12(17)18-13(3,4)5;1-9(2,3)14-7(11)13-8(12)15-10(4,5)6/h3-7,14-15H,8-10H2,1-2H3;10-11H,6-7H2,1-5H3;1-6H3/t14-,15-;10-,11-;/m11./s1. The average Bonchev–Trinajstić information content (AvgIpc) is 3.57. The van der Waals surface area contributed by atoms with Gasteiger partial charge in [-0.2, -0.15) is 0 Å². The molecule has 2 heterocycles. The Balaban J connectivity index is 0.000000385. The van der Waals surface area contributed by atoms with Gasteiger partial charge in [-0.25, -0.2) is 14.4 Å². The number of likely N-dealkylation sites (tertiary alicyclic amines) is 2. The SMILES string of the molecule is CC(=O)[C@H]1CN(C(=O)OC(C)(C)C)C[C@@H]1C(C)=O.CC(=O)[C@H]1CN(Cc2ccccc2)C[C@@H]1C(C)=O.CC(C)(C)OC(=O)OC(=O)OC(C)(C)C.